The van der Waals surface area contributed by atoms with Crippen molar-refractivity contribution < 1.29 is 8.42 Å². The van der Waals surface area contributed by atoms with Gasteiger partial charge in [0.2, 0.25) is 10.0 Å². The zero-order valence-corrected chi connectivity index (χ0v) is 13.0. The van der Waals surface area contributed by atoms with E-state index in [0.29, 0.717) is 23.9 Å². The molecule has 0 amide bonds. The molecule has 1 saturated heterocycles. The lowest BCUT2D eigenvalue weighted by Crippen LogP contribution is -2.30. The zero-order chi connectivity index (χ0) is 15.6. The number of nitrogens with zero attached hydrogens (tertiary/aromatic N) is 4. The number of anilines is 2. The summed E-state index contributed by atoms with van der Waals surface area (Å²) in [5.74, 6) is 1.22. The lowest BCUT2D eigenvalue weighted by atomic mass is 10.2. The molecule has 0 spiro atoms. The van der Waals surface area contributed by atoms with Gasteiger partial charge in [0.25, 0.3) is 0 Å². The Labute approximate surface area is 129 Å². The summed E-state index contributed by atoms with van der Waals surface area (Å²) in [5, 5.41) is 3.07. The first kappa shape index (κ1) is 14.9. The maximum absolute atomic E-state index is 11.8. The first-order valence-electron chi connectivity index (χ1n) is 7.01. The fraction of sp³-hybridized carbons (Fsp3) is 0.357. The Hall–Kier alpha value is -2.06. The summed E-state index contributed by atoms with van der Waals surface area (Å²) in [6.45, 7) is 0.531. The van der Waals surface area contributed by atoms with Crippen molar-refractivity contribution in [3.8, 4) is 0 Å². The average molecular weight is 319 g/mol. The molecule has 1 N–H and O–H groups in total. The van der Waals surface area contributed by atoms with Gasteiger partial charge in [0.05, 0.1) is 30.4 Å². The number of rotatable bonds is 4. The maximum atomic E-state index is 11.8. The Balaban J connectivity index is 1.85. The second kappa shape index (κ2) is 5.98. The van der Waals surface area contributed by atoms with E-state index in [-0.39, 0.29) is 6.04 Å². The van der Waals surface area contributed by atoms with Gasteiger partial charge in [0.15, 0.2) is 0 Å². The Bertz CT molecular complexity index is 751. The van der Waals surface area contributed by atoms with Crippen molar-refractivity contribution in [2.75, 3.05) is 18.1 Å². The molecule has 7 nitrogen and oxygen atoms in total. The van der Waals surface area contributed by atoms with Gasteiger partial charge in [-0.2, -0.15) is 4.31 Å². The molecule has 8 heteroatoms. The van der Waals surface area contributed by atoms with Gasteiger partial charge in [-0.25, -0.2) is 18.4 Å². The smallest absolute Gasteiger partial charge is 0.211 e. The SMILES string of the molecule is CS(=O)(=O)N1CCCC1c1cncc(Nc2ccccn2)n1. The number of sulfonamides is 1. The summed E-state index contributed by atoms with van der Waals surface area (Å²) in [4.78, 5) is 12.8. The molecule has 116 valence electrons. The van der Waals surface area contributed by atoms with Crippen molar-refractivity contribution in [2.45, 2.75) is 18.9 Å². The molecule has 3 rings (SSSR count). The minimum atomic E-state index is -3.24. The van der Waals surface area contributed by atoms with Crippen LogP contribution in [0.1, 0.15) is 24.6 Å². The highest BCUT2D eigenvalue weighted by Gasteiger charge is 2.33. The van der Waals surface area contributed by atoms with E-state index in [1.54, 1.807) is 18.6 Å². The van der Waals surface area contributed by atoms with Crippen molar-refractivity contribution in [1.29, 1.82) is 0 Å². The van der Waals surface area contributed by atoms with Gasteiger partial charge in [-0.15, -0.1) is 0 Å². The molecule has 3 heterocycles. The van der Waals surface area contributed by atoms with Gasteiger partial charge in [-0.05, 0) is 25.0 Å². The molecule has 1 aliphatic rings. The summed E-state index contributed by atoms with van der Waals surface area (Å²) in [6.07, 6.45) is 7.72. The second-order valence-electron chi connectivity index (χ2n) is 5.20. The van der Waals surface area contributed by atoms with E-state index in [1.807, 2.05) is 18.2 Å². The lowest BCUT2D eigenvalue weighted by Gasteiger charge is -2.21. The summed E-state index contributed by atoms with van der Waals surface area (Å²) < 4.78 is 25.2. The second-order valence-corrected chi connectivity index (χ2v) is 7.14. The fourth-order valence-electron chi connectivity index (χ4n) is 2.60. The number of aromatic nitrogens is 3. The van der Waals surface area contributed by atoms with Crippen molar-refractivity contribution in [3.63, 3.8) is 0 Å². The number of hydrogen-bond donors (Lipinski definition) is 1. The predicted molar refractivity (Wildman–Crippen MR) is 83.1 cm³/mol. The highest BCUT2D eigenvalue weighted by Crippen LogP contribution is 2.32. The molecule has 0 bridgehead atoms. The normalized spacial score (nSPS) is 19.2. The van der Waals surface area contributed by atoms with E-state index in [9.17, 15) is 8.42 Å². The fourth-order valence-corrected chi connectivity index (χ4v) is 3.74. The topological polar surface area (TPSA) is 88.1 Å². The van der Waals surface area contributed by atoms with Crippen molar-refractivity contribution >= 4 is 21.7 Å². The van der Waals surface area contributed by atoms with Crippen LogP contribution in [-0.2, 0) is 10.0 Å². The first-order chi connectivity index (χ1) is 10.5. The van der Waals surface area contributed by atoms with Gasteiger partial charge in [-0.3, -0.25) is 4.98 Å². The number of hydrogen-bond acceptors (Lipinski definition) is 6. The lowest BCUT2D eigenvalue weighted by molar-refractivity contribution is 0.393. The zero-order valence-electron chi connectivity index (χ0n) is 12.2. The Morgan fingerprint density at radius 1 is 1.27 bits per heavy atom. The monoisotopic (exact) mass is 319 g/mol. The van der Waals surface area contributed by atoms with E-state index in [4.69, 9.17) is 0 Å². The minimum Gasteiger partial charge on any atom is -0.324 e. The molecule has 1 aliphatic heterocycles. The van der Waals surface area contributed by atoms with E-state index in [0.717, 1.165) is 12.8 Å². The van der Waals surface area contributed by atoms with Crippen LogP contribution in [0.25, 0.3) is 0 Å². The summed E-state index contributed by atoms with van der Waals surface area (Å²) in [7, 11) is -3.24. The molecule has 1 atom stereocenters. The molecule has 1 fully saturated rings. The molecule has 0 radical (unpaired) electrons. The average Bonchev–Trinajstić information content (AvgIpc) is 2.98. The molecular weight excluding hydrogens is 302 g/mol. The number of pyridine rings is 1. The van der Waals surface area contributed by atoms with Crippen LogP contribution in [-0.4, -0.2) is 40.5 Å². The van der Waals surface area contributed by atoms with E-state index in [2.05, 4.69) is 20.3 Å². The van der Waals surface area contributed by atoms with E-state index >= 15 is 0 Å². The maximum Gasteiger partial charge on any atom is 0.211 e. The third kappa shape index (κ3) is 3.23. The molecule has 2 aromatic heterocycles. The Morgan fingerprint density at radius 3 is 2.86 bits per heavy atom. The molecule has 2 aromatic rings. The standard InChI is InChI=1S/C14H17N5O2S/c1-22(20,21)19-8-4-5-12(19)11-9-15-10-14(17-11)18-13-6-2-3-7-16-13/h2-3,6-7,9-10,12H,4-5,8H2,1H3,(H,16,17,18). The first-order valence-corrected chi connectivity index (χ1v) is 8.86. The molecule has 0 aromatic carbocycles. The van der Waals surface area contributed by atoms with E-state index in [1.165, 1.54) is 10.6 Å². The van der Waals surface area contributed by atoms with Crippen LogP contribution in [0.4, 0.5) is 11.6 Å². The van der Waals surface area contributed by atoms with Gasteiger partial charge in [0, 0.05) is 12.7 Å². The van der Waals surface area contributed by atoms with Crippen LogP contribution in [0.3, 0.4) is 0 Å². The third-order valence-corrected chi connectivity index (χ3v) is 4.83. The van der Waals surface area contributed by atoms with Crippen molar-refractivity contribution in [3.05, 3.63) is 42.5 Å². The van der Waals surface area contributed by atoms with E-state index < -0.39 is 10.0 Å². The van der Waals surface area contributed by atoms with Crippen LogP contribution in [0.15, 0.2) is 36.8 Å². The molecule has 22 heavy (non-hydrogen) atoms. The molecule has 1 unspecified atom stereocenters. The molecule has 0 aliphatic carbocycles. The molecule has 0 saturated carbocycles. The third-order valence-electron chi connectivity index (χ3n) is 3.55. The van der Waals surface area contributed by atoms with Crippen molar-refractivity contribution in [2.24, 2.45) is 0 Å². The van der Waals surface area contributed by atoms with Crippen LogP contribution in [0.2, 0.25) is 0 Å². The quantitative estimate of drug-likeness (QED) is 0.923. The van der Waals surface area contributed by atoms with Crippen molar-refractivity contribution in [1.82, 2.24) is 19.3 Å². The van der Waals surface area contributed by atoms with Gasteiger partial charge < -0.3 is 5.32 Å². The minimum absolute atomic E-state index is 0.243. The Morgan fingerprint density at radius 2 is 2.14 bits per heavy atom. The Kier molecular flexibility index (Phi) is 4.04. The van der Waals surface area contributed by atoms with Crippen LogP contribution in [0, 0.1) is 0 Å². The highest BCUT2D eigenvalue weighted by molar-refractivity contribution is 7.88. The summed E-state index contributed by atoms with van der Waals surface area (Å²) >= 11 is 0. The highest BCUT2D eigenvalue weighted by atomic mass is 32.2. The predicted octanol–water partition coefficient (Wildman–Crippen LogP) is 1.71. The van der Waals surface area contributed by atoms with Crippen LogP contribution >= 0.6 is 0 Å². The largest absolute Gasteiger partial charge is 0.324 e. The van der Waals surface area contributed by atoms with Gasteiger partial charge in [0.1, 0.15) is 11.6 Å². The summed E-state index contributed by atoms with van der Waals surface area (Å²) in [6, 6.07) is 5.28. The van der Waals surface area contributed by atoms with Gasteiger partial charge in [-0.1, -0.05) is 6.07 Å². The number of nitrogens with one attached hydrogen (secondary N) is 1. The van der Waals surface area contributed by atoms with Gasteiger partial charge >= 0.3 is 0 Å². The van der Waals surface area contributed by atoms with Crippen LogP contribution < -0.4 is 5.32 Å². The van der Waals surface area contributed by atoms with Crippen LogP contribution in [0.5, 0.6) is 0 Å². The molecular formula is C14H17N5O2S. The summed E-state index contributed by atoms with van der Waals surface area (Å²) in [5.41, 5.74) is 0.656.